The smallest absolute Gasteiger partial charge is 0.400 e. The summed E-state index contributed by atoms with van der Waals surface area (Å²) in [4.78, 5) is 0. The second-order valence-electron chi connectivity index (χ2n) is 0. The van der Waals surface area contributed by atoms with Crippen LogP contribution < -0.4 is 0 Å². The molecule has 0 unspecified atom stereocenters. The van der Waals surface area contributed by atoms with Gasteiger partial charge in [-0.1, -0.05) is 0 Å². The first-order chi connectivity index (χ1) is 1.00. The maximum Gasteiger partial charge on any atom is 1.00 e. The van der Waals surface area contributed by atoms with Crippen LogP contribution in [0.1, 0.15) is 0 Å². The van der Waals surface area contributed by atoms with E-state index in [0.29, 0.717) is 0 Å². The molecule has 1 nitrogen and oxygen atoms in total. The molecular weight excluding hydrogens is 141 g/mol. The zero-order valence-electron chi connectivity index (χ0n) is 2.80. The molecule has 4 heavy (non-hydrogen) atoms. The average Bonchev–Trinajstić information content (AvgIpc) is 1.00. The van der Waals surface area contributed by atoms with E-state index in [2.05, 4.69) is 0 Å². The summed E-state index contributed by atoms with van der Waals surface area (Å²) in [5.41, 5.74) is 0. The van der Waals surface area contributed by atoms with Gasteiger partial charge in [-0.25, -0.2) is 0 Å². The van der Waals surface area contributed by atoms with Crippen molar-refractivity contribution in [1.29, 1.82) is 0 Å². The SMILES string of the molecule is CO.[CH3-].[Ru+]. The molecule has 2 heteroatoms. The van der Waals surface area contributed by atoms with Gasteiger partial charge in [-0.2, -0.15) is 0 Å². The fraction of sp³-hybridized carbons (Fsp3) is 0.500. The van der Waals surface area contributed by atoms with Crippen molar-refractivity contribution >= 4 is 0 Å². The Kier molecular flexibility index (Phi) is 412. The zero-order valence-corrected chi connectivity index (χ0v) is 4.54. The van der Waals surface area contributed by atoms with Crippen LogP contribution in [0.3, 0.4) is 0 Å². The van der Waals surface area contributed by atoms with Crippen molar-refractivity contribution in [3.05, 3.63) is 7.43 Å². The van der Waals surface area contributed by atoms with Gasteiger partial charge in [-0.05, 0) is 0 Å². The minimum absolute atomic E-state index is 0. The summed E-state index contributed by atoms with van der Waals surface area (Å²) in [7, 11) is 1.00. The zero-order chi connectivity index (χ0) is 2.00. The number of aliphatic hydroxyl groups is 1. The third-order valence-electron chi connectivity index (χ3n) is 0. The molecule has 0 aliphatic carbocycles. The van der Waals surface area contributed by atoms with E-state index in [1.807, 2.05) is 0 Å². The van der Waals surface area contributed by atoms with Crippen molar-refractivity contribution in [2.75, 3.05) is 7.11 Å². The van der Waals surface area contributed by atoms with E-state index in [9.17, 15) is 0 Å². The van der Waals surface area contributed by atoms with Crippen molar-refractivity contribution < 1.29 is 24.6 Å². The first-order valence-electron chi connectivity index (χ1n) is 0.447. The van der Waals surface area contributed by atoms with Crippen molar-refractivity contribution in [3.8, 4) is 0 Å². The monoisotopic (exact) mass is 149 g/mol. The molecule has 0 spiro atoms. The Bertz CT molecular complexity index is 6.00. The van der Waals surface area contributed by atoms with Gasteiger partial charge in [0.15, 0.2) is 0 Å². The molecule has 0 saturated carbocycles. The van der Waals surface area contributed by atoms with Crippen molar-refractivity contribution in [2.45, 2.75) is 0 Å². The number of aliphatic hydroxyl groups excluding tert-OH is 1. The van der Waals surface area contributed by atoms with Gasteiger partial charge >= 0.3 is 19.5 Å². The maximum atomic E-state index is 7.00. The second-order valence-corrected chi connectivity index (χ2v) is 0. The Labute approximate surface area is 39.8 Å². The van der Waals surface area contributed by atoms with Gasteiger partial charge in [0.2, 0.25) is 0 Å². The summed E-state index contributed by atoms with van der Waals surface area (Å²) in [6, 6.07) is 0. The fourth-order valence-electron chi connectivity index (χ4n) is 0. The van der Waals surface area contributed by atoms with Gasteiger partial charge in [0, 0.05) is 7.11 Å². The van der Waals surface area contributed by atoms with Gasteiger partial charge in [-0.15, -0.1) is 0 Å². The largest absolute Gasteiger partial charge is 1.00 e. The van der Waals surface area contributed by atoms with E-state index in [1.54, 1.807) is 0 Å². The minimum atomic E-state index is 0. The van der Waals surface area contributed by atoms with Crippen LogP contribution in [-0.4, -0.2) is 12.2 Å². The molecular formula is C2H7ORu. The summed E-state index contributed by atoms with van der Waals surface area (Å²) in [5.74, 6) is 0. The van der Waals surface area contributed by atoms with Crippen molar-refractivity contribution in [3.63, 3.8) is 0 Å². The van der Waals surface area contributed by atoms with E-state index < -0.39 is 0 Å². The molecule has 0 heterocycles. The molecule has 0 aromatic rings. The second kappa shape index (κ2) is 70.3. The summed E-state index contributed by atoms with van der Waals surface area (Å²) >= 11 is 0. The average molecular weight is 148 g/mol. The fourth-order valence-corrected chi connectivity index (χ4v) is 0. The van der Waals surface area contributed by atoms with Crippen LogP contribution in [0.5, 0.6) is 0 Å². The molecule has 29 valence electrons. The molecule has 0 aromatic heterocycles. The van der Waals surface area contributed by atoms with Gasteiger partial charge in [0.05, 0.1) is 0 Å². The standard InChI is InChI=1S/CH4O.CH3.Ru/c1-2;;/h2H,1H3;1H3;/q;-1;+1. The summed E-state index contributed by atoms with van der Waals surface area (Å²) in [6.07, 6.45) is 0. The molecule has 0 aliphatic heterocycles. The Morgan fingerprint density at radius 3 is 1.25 bits per heavy atom. The topological polar surface area (TPSA) is 20.2 Å². The van der Waals surface area contributed by atoms with Crippen LogP contribution in [0, 0.1) is 7.43 Å². The van der Waals surface area contributed by atoms with E-state index >= 15 is 0 Å². The Morgan fingerprint density at radius 2 is 1.25 bits per heavy atom. The van der Waals surface area contributed by atoms with Gasteiger partial charge in [0.25, 0.3) is 0 Å². The molecule has 0 fully saturated rings. The van der Waals surface area contributed by atoms with E-state index in [0.717, 1.165) is 7.11 Å². The number of hydrogen-bond donors (Lipinski definition) is 1. The predicted molar refractivity (Wildman–Crippen MR) is 14.6 cm³/mol. The first kappa shape index (κ1) is 23.5. The van der Waals surface area contributed by atoms with Gasteiger partial charge in [-0.3, -0.25) is 0 Å². The van der Waals surface area contributed by atoms with Crippen LogP contribution in [0.4, 0.5) is 0 Å². The normalized spacial score (nSPS) is 1.50. The Morgan fingerprint density at radius 1 is 1.25 bits per heavy atom. The summed E-state index contributed by atoms with van der Waals surface area (Å²) in [5, 5.41) is 7.00. The molecule has 0 rings (SSSR count). The molecule has 0 amide bonds. The van der Waals surface area contributed by atoms with Gasteiger partial charge < -0.3 is 12.5 Å². The van der Waals surface area contributed by atoms with Crippen molar-refractivity contribution in [1.82, 2.24) is 0 Å². The van der Waals surface area contributed by atoms with Crippen LogP contribution in [0.25, 0.3) is 0 Å². The van der Waals surface area contributed by atoms with Crippen LogP contribution in [-0.2, 0) is 19.5 Å². The minimum Gasteiger partial charge on any atom is -0.400 e. The summed E-state index contributed by atoms with van der Waals surface area (Å²) in [6.45, 7) is 0. The Balaban J connectivity index is -0.00000000500. The van der Waals surface area contributed by atoms with Crippen LogP contribution >= 0.6 is 0 Å². The number of rotatable bonds is 0. The first-order valence-corrected chi connectivity index (χ1v) is 0.447. The van der Waals surface area contributed by atoms with E-state index in [4.69, 9.17) is 5.11 Å². The molecule has 1 radical (unpaired) electrons. The molecule has 0 saturated heterocycles. The molecule has 0 bridgehead atoms. The molecule has 0 aromatic carbocycles. The molecule has 0 atom stereocenters. The molecule has 1 N–H and O–H groups in total. The van der Waals surface area contributed by atoms with Gasteiger partial charge in [0.1, 0.15) is 0 Å². The maximum absolute atomic E-state index is 7.00. The van der Waals surface area contributed by atoms with E-state index in [1.165, 1.54) is 0 Å². The Hall–Kier alpha value is 0.583. The van der Waals surface area contributed by atoms with Crippen LogP contribution in [0.2, 0.25) is 0 Å². The predicted octanol–water partition coefficient (Wildman–Crippen LogP) is 0.0563. The quantitative estimate of drug-likeness (QED) is 0.380. The van der Waals surface area contributed by atoms with Crippen molar-refractivity contribution in [2.24, 2.45) is 0 Å². The van der Waals surface area contributed by atoms with E-state index in [-0.39, 0.29) is 26.9 Å². The molecule has 0 aliphatic rings. The third-order valence-corrected chi connectivity index (χ3v) is 0. The summed E-state index contributed by atoms with van der Waals surface area (Å²) < 4.78 is 0. The van der Waals surface area contributed by atoms with Crippen LogP contribution in [0.15, 0.2) is 0 Å². The number of hydrogen-bond acceptors (Lipinski definition) is 1. The third kappa shape index (κ3) is 19.0.